The van der Waals surface area contributed by atoms with Gasteiger partial charge < -0.3 is 0 Å². The second-order valence-electron chi connectivity index (χ2n) is 2.37. The van der Waals surface area contributed by atoms with Gasteiger partial charge in [0, 0.05) is 5.17 Å². The van der Waals surface area contributed by atoms with E-state index in [1.54, 1.807) is 24.3 Å². The lowest BCUT2D eigenvalue weighted by Crippen LogP contribution is -3.08. The largest absolute Gasteiger partial charge is 0.406 e. The van der Waals surface area contributed by atoms with E-state index >= 15 is 0 Å². The number of carbonyl (C=O) groups is 1. The average Bonchev–Trinajstić information content (AvgIpc) is 2.12. The molecule has 0 spiro atoms. The van der Waals surface area contributed by atoms with Crippen LogP contribution >= 0.6 is 0 Å². The molecule has 1 unspecified atom stereocenters. The molecule has 2 N–H and O–H groups in total. The zero-order chi connectivity index (χ0) is 8.55. The third-order valence-corrected chi connectivity index (χ3v) is 1.60. The van der Waals surface area contributed by atoms with E-state index in [-0.39, 0.29) is 0 Å². The molecule has 1 aliphatic rings. The van der Waals surface area contributed by atoms with Gasteiger partial charge >= 0.3 is 5.91 Å². The first-order valence-corrected chi connectivity index (χ1v) is 3.40. The molecular weight excluding hydrogens is 158 g/mol. The summed E-state index contributed by atoms with van der Waals surface area (Å²) in [5.74, 6) is -0.472. The van der Waals surface area contributed by atoms with Gasteiger partial charge in [-0.05, 0) is 12.1 Å². The summed E-state index contributed by atoms with van der Waals surface area (Å²) in [5, 5.41) is 15.3. The van der Waals surface area contributed by atoms with E-state index in [9.17, 15) is 4.79 Å². The summed E-state index contributed by atoms with van der Waals surface area (Å²) in [6, 6.07) is 6.74. The van der Waals surface area contributed by atoms with Crippen molar-refractivity contribution in [3.63, 3.8) is 0 Å². The quantitative estimate of drug-likeness (QED) is 0.534. The Bertz CT molecular complexity index is 361. The fourth-order valence-corrected chi connectivity index (χ4v) is 1.02. The van der Waals surface area contributed by atoms with Gasteiger partial charge in [0.25, 0.3) is 0 Å². The molecule has 0 saturated heterocycles. The van der Waals surface area contributed by atoms with Crippen LogP contribution in [0.3, 0.4) is 0 Å². The lowest BCUT2D eigenvalue weighted by atomic mass is 10.1. The zero-order valence-corrected chi connectivity index (χ0v) is 6.06. The van der Waals surface area contributed by atoms with Crippen LogP contribution in [0.4, 0.5) is 5.69 Å². The van der Waals surface area contributed by atoms with Crippen molar-refractivity contribution in [2.75, 3.05) is 0 Å². The standard InChI is InChI=1S/C7H5N3O2/c11-7-5-3-1-2-4-6(5)8-9-10(7)12/h1-4,12H/p+1. The van der Waals surface area contributed by atoms with E-state index in [1.165, 1.54) is 0 Å². The molecule has 1 atom stereocenters. The lowest BCUT2D eigenvalue weighted by Gasteiger charge is -2.06. The molecule has 12 heavy (non-hydrogen) atoms. The van der Waals surface area contributed by atoms with Crippen LogP contribution in [0.5, 0.6) is 0 Å². The number of benzene rings is 1. The first kappa shape index (κ1) is 7.08. The molecule has 5 nitrogen and oxygen atoms in total. The molecule has 0 fully saturated rings. The SMILES string of the molecule is O=C1c2ccccc2N=N[NH+]1O. The first-order valence-electron chi connectivity index (χ1n) is 3.40. The number of rotatable bonds is 0. The van der Waals surface area contributed by atoms with Crippen molar-refractivity contribution < 1.29 is 15.2 Å². The maximum Gasteiger partial charge on any atom is 0.406 e. The van der Waals surface area contributed by atoms with Gasteiger partial charge in [-0.1, -0.05) is 17.2 Å². The summed E-state index contributed by atoms with van der Waals surface area (Å²) in [5.41, 5.74) is 0.894. The number of hydrogen-bond donors (Lipinski definition) is 2. The van der Waals surface area contributed by atoms with Crippen LogP contribution in [0.25, 0.3) is 0 Å². The Balaban J connectivity index is 2.59. The van der Waals surface area contributed by atoms with E-state index < -0.39 is 11.1 Å². The van der Waals surface area contributed by atoms with E-state index in [1.807, 2.05) is 0 Å². The molecule has 0 radical (unpaired) electrons. The van der Waals surface area contributed by atoms with Crippen molar-refractivity contribution >= 4 is 11.6 Å². The monoisotopic (exact) mass is 164 g/mol. The second kappa shape index (κ2) is 2.47. The van der Waals surface area contributed by atoms with Crippen LogP contribution in [0.1, 0.15) is 10.4 Å². The van der Waals surface area contributed by atoms with Crippen LogP contribution in [0.15, 0.2) is 34.6 Å². The summed E-state index contributed by atoms with van der Waals surface area (Å²) < 4.78 is 0. The second-order valence-corrected chi connectivity index (χ2v) is 2.37. The number of hydroxylamine groups is 1. The minimum atomic E-state index is -0.547. The minimum absolute atomic E-state index is 0.394. The summed E-state index contributed by atoms with van der Waals surface area (Å²) in [7, 11) is 0. The third-order valence-electron chi connectivity index (χ3n) is 1.60. The molecule has 0 saturated carbocycles. The Hall–Kier alpha value is -1.59. The summed E-state index contributed by atoms with van der Waals surface area (Å²) in [4.78, 5) is 11.2. The summed E-state index contributed by atoms with van der Waals surface area (Å²) in [6.45, 7) is 0. The number of nitrogens with zero attached hydrogens (tertiary/aromatic N) is 2. The Morgan fingerprint density at radius 3 is 2.92 bits per heavy atom. The third kappa shape index (κ3) is 0.919. The molecule has 1 heterocycles. The fourth-order valence-electron chi connectivity index (χ4n) is 1.02. The van der Waals surface area contributed by atoms with Crippen LogP contribution < -0.4 is 5.17 Å². The Kier molecular flexibility index (Phi) is 1.46. The molecule has 1 aromatic rings. The summed E-state index contributed by atoms with van der Waals surface area (Å²) >= 11 is 0. The van der Waals surface area contributed by atoms with E-state index in [2.05, 4.69) is 10.3 Å². The number of nitrogens with one attached hydrogen (secondary N) is 1. The van der Waals surface area contributed by atoms with Crippen molar-refractivity contribution in [3.8, 4) is 0 Å². The van der Waals surface area contributed by atoms with E-state index in [0.29, 0.717) is 11.3 Å². The molecule has 0 bridgehead atoms. The molecule has 1 aliphatic heterocycles. The van der Waals surface area contributed by atoms with Gasteiger partial charge in [0.2, 0.25) is 0 Å². The normalized spacial score (nSPS) is 20.8. The number of fused-ring (bicyclic) bond motifs is 1. The average molecular weight is 164 g/mol. The maximum atomic E-state index is 11.2. The van der Waals surface area contributed by atoms with Gasteiger partial charge in [0.05, 0.1) is 5.22 Å². The molecule has 0 aromatic heterocycles. The highest BCUT2D eigenvalue weighted by Crippen LogP contribution is 2.19. The Morgan fingerprint density at radius 2 is 2.08 bits per heavy atom. The highest BCUT2D eigenvalue weighted by atomic mass is 16.6. The molecule has 1 aromatic carbocycles. The predicted octanol–water partition coefficient (Wildman–Crippen LogP) is 0.113. The number of amides is 1. The van der Waals surface area contributed by atoms with Crippen molar-refractivity contribution in [2.45, 2.75) is 0 Å². The van der Waals surface area contributed by atoms with Crippen LogP contribution in [-0.2, 0) is 0 Å². The molecule has 1 amide bonds. The number of hydrogen-bond acceptors (Lipinski definition) is 4. The van der Waals surface area contributed by atoms with Gasteiger partial charge in [0.15, 0.2) is 0 Å². The van der Waals surface area contributed by atoms with Crippen molar-refractivity contribution in [2.24, 2.45) is 10.3 Å². The van der Waals surface area contributed by atoms with Gasteiger partial charge in [-0.3, -0.25) is 0 Å². The van der Waals surface area contributed by atoms with Crippen LogP contribution in [0, 0.1) is 0 Å². The first-order chi connectivity index (χ1) is 5.79. The van der Waals surface area contributed by atoms with Crippen molar-refractivity contribution in [1.29, 1.82) is 0 Å². The Labute approximate surface area is 67.9 Å². The minimum Gasteiger partial charge on any atom is -0.219 e. The fraction of sp³-hybridized carbons (Fsp3) is 0. The van der Waals surface area contributed by atoms with Gasteiger partial charge in [-0.15, -0.1) is 0 Å². The molecule has 0 aliphatic carbocycles. The Morgan fingerprint density at radius 1 is 1.33 bits per heavy atom. The van der Waals surface area contributed by atoms with Gasteiger partial charge in [-0.25, -0.2) is 4.79 Å². The van der Waals surface area contributed by atoms with Crippen molar-refractivity contribution in [1.82, 2.24) is 0 Å². The van der Waals surface area contributed by atoms with Crippen molar-refractivity contribution in [3.05, 3.63) is 29.8 Å². The molecular formula is C7H6N3O2+. The van der Waals surface area contributed by atoms with Crippen LogP contribution in [-0.4, -0.2) is 11.1 Å². The van der Waals surface area contributed by atoms with Gasteiger partial charge in [-0.2, -0.15) is 5.21 Å². The van der Waals surface area contributed by atoms with Crippen LogP contribution in [0.2, 0.25) is 0 Å². The molecule has 60 valence electrons. The molecule has 5 heteroatoms. The smallest absolute Gasteiger partial charge is 0.219 e. The topological polar surface area (TPSA) is 66.5 Å². The highest BCUT2D eigenvalue weighted by Gasteiger charge is 2.27. The number of quaternary nitrogens is 1. The summed E-state index contributed by atoms with van der Waals surface area (Å²) in [6.07, 6.45) is 0. The van der Waals surface area contributed by atoms with E-state index in [0.717, 1.165) is 0 Å². The molecule has 2 rings (SSSR count). The maximum absolute atomic E-state index is 11.2. The predicted molar refractivity (Wildman–Crippen MR) is 38.0 cm³/mol. The van der Waals surface area contributed by atoms with E-state index in [4.69, 9.17) is 5.21 Å². The van der Waals surface area contributed by atoms with Gasteiger partial charge in [0.1, 0.15) is 11.3 Å². The lowest BCUT2D eigenvalue weighted by molar-refractivity contribution is -1.03. The highest BCUT2D eigenvalue weighted by molar-refractivity contribution is 5.93. The zero-order valence-electron chi connectivity index (χ0n) is 6.06. The number of carbonyl (C=O) groups excluding carboxylic acids is 1.